The highest BCUT2D eigenvalue weighted by Gasteiger charge is 2.48. The van der Waals surface area contributed by atoms with Crippen LogP contribution in [0, 0.1) is 41.5 Å². The van der Waals surface area contributed by atoms with Gasteiger partial charge in [0, 0.05) is 55.8 Å². The highest BCUT2D eigenvalue weighted by Crippen LogP contribution is 2.29. The van der Waals surface area contributed by atoms with Crippen LogP contribution in [0.5, 0.6) is 0 Å². The molecule has 250 valence electrons. The number of aryl methyl sites for hydroxylation is 6. The maximum atomic E-state index is 6.66. The van der Waals surface area contributed by atoms with Crippen LogP contribution in [0.15, 0.2) is 18.2 Å². The summed E-state index contributed by atoms with van der Waals surface area (Å²) in [4.78, 5) is 7.34. The van der Waals surface area contributed by atoms with Crippen LogP contribution >= 0.6 is 0 Å². The van der Waals surface area contributed by atoms with E-state index in [9.17, 15) is 0 Å². The number of hydrogen-bond donors (Lipinski definition) is 0. The Labute approximate surface area is 270 Å². The van der Waals surface area contributed by atoms with Crippen molar-refractivity contribution in [3.8, 4) is 0 Å². The van der Waals surface area contributed by atoms with E-state index in [1.165, 1.54) is 5.69 Å². The molecule has 3 fully saturated rings. The van der Waals surface area contributed by atoms with Gasteiger partial charge in [0.25, 0.3) is 0 Å². The van der Waals surface area contributed by atoms with Gasteiger partial charge < -0.3 is 13.3 Å². The second-order valence-electron chi connectivity index (χ2n) is 13.5. The third-order valence-electron chi connectivity index (χ3n) is 8.69. The van der Waals surface area contributed by atoms with Crippen molar-refractivity contribution in [1.29, 1.82) is 0 Å². The Balaban J connectivity index is 1.31. The molecular weight excluding hydrogens is 586 g/mol. The quantitative estimate of drug-likeness (QED) is 0.258. The average Bonchev–Trinajstić information content (AvgIpc) is 3.53. The molecule has 3 saturated heterocycles. The van der Waals surface area contributed by atoms with E-state index in [4.69, 9.17) is 28.6 Å². The first-order valence-corrected chi connectivity index (χ1v) is 18.5. The number of fused-ring (bicyclic) bond motifs is 6. The molecule has 3 unspecified atom stereocenters. The minimum Gasteiger partial charge on any atom is -0.369 e. The highest BCUT2D eigenvalue weighted by molar-refractivity contribution is 6.60. The Morgan fingerprint density at radius 3 is 1.38 bits per heavy atom. The van der Waals surface area contributed by atoms with Crippen LogP contribution in [-0.2, 0) is 33.3 Å². The van der Waals surface area contributed by atoms with Crippen LogP contribution < -0.4 is 0 Å². The zero-order valence-electron chi connectivity index (χ0n) is 29.0. The van der Waals surface area contributed by atoms with Gasteiger partial charge in [-0.05, 0) is 93.5 Å². The maximum Gasteiger partial charge on any atom is 0.501 e. The second-order valence-corrected chi connectivity index (χ2v) is 16.1. The molecule has 0 saturated carbocycles. The molecule has 0 spiro atoms. The normalized spacial score (nSPS) is 25.7. The van der Waals surface area contributed by atoms with Gasteiger partial charge in [-0.1, -0.05) is 0 Å². The summed E-state index contributed by atoms with van der Waals surface area (Å²) < 4.78 is 26.3. The molecule has 6 heterocycles. The average molecular weight is 642 g/mol. The Bertz CT molecular complexity index is 1320. The Kier molecular flexibility index (Phi) is 11.0. The summed E-state index contributed by atoms with van der Waals surface area (Å²) in [6.45, 7) is 26.5. The molecule has 3 aromatic rings. The van der Waals surface area contributed by atoms with Crippen molar-refractivity contribution in [2.45, 2.75) is 113 Å². The molecule has 3 aliphatic heterocycles. The van der Waals surface area contributed by atoms with E-state index in [-0.39, 0.29) is 18.3 Å². The standard InChI is InChI=1S/C32H55N9O3Si/c1-24-15-27(4)39(33-24)21-36(11-10-14-45-42-30(7)18-38(19-31(8)43-45)20-32(9)44-45)12-13-37(22-40-28(5)16-25(2)34-40)23-41-29(6)17-26(3)35-41/h15-17,30-32H,10-14,18-23H2,1-9H3. The molecule has 45 heavy (non-hydrogen) atoms. The highest BCUT2D eigenvalue weighted by atomic mass is 28.4. The van der Waals surface area contributed by atoms with E-state index in [1.807, 2.05) is 0 Å². The van der Waals surface area contributed by atoms with Gasteiger partial charge in [0.1, 0.15) is 0 Å². The number of nitrogens with zero attached hydrogens (tertiary/aromatic N) is 9. The van der Waals surface area contributed by atoms with Gasteiger partial charge in [0.05, 0.1) is 55.4 Å². The topological polar surface area (TPSA) is 90.9 Å². The van der Waals surface area contributed by atoms with E-state index in [1.54, 1.807) is 0 Å². The number of rotatable bonds is 13. The third-order valence-corrected chi connectivity index (χ3v) is 11.9. The molecule has 3 aliphatic rings. The van der Waals surface area contributed by atoms with E-state index in [0.29, 0.717) is 13.3 Å². The van der Waals surface area contributed by atoms with E-state index < -0.39 is 8.80 Å². The zero-order valence-corrected chi connectivity index (χ0v) is 30.0. The van der Waals surface area contributed by atoms with Crippen LogP contribution in [-0.4, -0.2) is 110 Å². The molecule has 12 nitrogen and oxygen atoms in total. The molecular formula is C32H55N9O3Si. The van der Waals surface area contributed by atoms with E-state index in [0.717, 1.165) is 86.9 Å². The van der Waals surface area contributed by atoms with E-state index >= 15 is 0 Å². The molecule has 0 N–H and O–H groups in total. The minimum atomic E-state index is -2.85. The summed E-state index contributed by atoms with van der Waals surface area (Å²) in [5, 5.41) is 14.3. The smallest absolute Gasteiger partial charge is 0.369 e. The Morgan fingerprint density at radius 2 is 1.00 bits per heavy atom. The van der Waals surface area contributed by atoms with Gasteiger partial charge in [0.15, 0.2) is 0 Å². The molecule has 13 heteroatoms. The Hall–Kier alpha value is -2.39. The number of aromatic nitrogens is 6. The fourth-order valence-electron chi connectivity index (χ4n) is 6.87. The fraction of sp³-hybridized carbons (Fsp3) is 0.719. The van der Waals surface area contributed by atoms with Crippen LogP contribution in [0.4, 0.5) is 0 Å². The van der Waals surface area contributed by atoms with Gasteiger partial charge in [-0.25, -0.2) is 0 Å². The molecule has 2 bridgehead atoms. The first-order chi connectivity index (χ1) is 21.4. The SMILES string of the molecule is Cc1cc(C)n(CN(CCC[Si]23OC(C)CN(CC(C)O2)CC(C)O3)CCN(Cn2nc(C)cc2C)Cn2nc(C)cc2C)n1. The van der Waals surface area contributed by atoms with Gasteiger partial charge in [-0.3, -0.25) is 28.7 Å². The molecule has 0 amide bonds. The van der Waals surface area contributed by atoms with E-state index in [2.05, 4.69) is 109 Å². The van der Waals surface area contributed by atoms with Crippen molar-refractivity contribution < 1.29 is 13.3 Å². The molecule has 0 aliphatic carbocycles. The molecule has 0 aromatic carbocycles. The second kappa shape index (κ2) is 14.6. The van der Waals surface area contributed by atoms with Crippen molar-refractivity contribution in [2.24, 2.45) is 0 Å². The van der Waals surface area contributed by atoms with Crippen molar-refractivity contribution in [2.75, 3.05) is 39.3 Å². The predicted molar refractivity (Wildman–Crippen MR) is 177 cm³/mol. The summed E-state index contributed by atoms with van der Waals surface area (Å²) in [6.07, 6.45) is 1.22. The van der Waals surface area contributed by atoms with Crippen LogP contribution in [0.3, 0.4) is 0 Å². The van der Waals surface area contributed by atoms with Gasteiger partial charge in [-0.15, -0.1) is 0 Å². The van der Waals surface area contributed by atoms with Gasteiger partial charge in [0.2, 0.25) is 0 Å². The lowest BCUT2D eigenvalue weighted by Gasteiger charge is -2.45. The van der Waals surface area contributed by atoms with Gasteiger partial charge >= 0.3 is 8.80 Å². The summed E-state index contributed by atoms with van der Waals surface area (Å²) in [5.74, 6) is 0. The summed E-state index contributed by atoms with van der Waals surface area (Å²) in [7, 11) is -2.85. The summed E-state index contributed by atoms with van der Waals surface area (Å²) >= 11 is 0. The van der Waals surface area contributed by atoms with Crippen LogP contribution in [0.1, 0.15) is 61.4 Å². The summed E-state index contributed by atoms with van der Waals surface area (Å²) in [6, 6.07) is 7.23. The maximum absolute atomic E-state index is 6.66. The predicted octanol–water partition coefficient (Wildman–Crippen LogP) is 3.88. The Morgan fingerprint density at radius 1 is 0.622 bits per heavy atom. The first kappa shape index (κ1) is 34.0. The molecule has 3 aromatic heterocycles. The fourth-order valence-corrected chi connectivity index (χ4v) is 10.0. The zero-order chi connectivity index (χ0) is 32.3. The molecule has 3 atom stereocenters. The minimum absolute atomic E-state index is 0.0970. The monoisotopic (exact) mass is 641 g/mol. The number of hydrogen-bond acceptors (Lipinski definition) is 9. The first-order valence-electron chi connectivity index (χ1n) is 16.6. The van der Waals surface area contributed by atoms with Gasteiger partial charge in [-0.2, -0.15) is 15.3 Å². The third kappa shape index (κ3) is 9.12. The van der Waals surface area contributed by atoms with Crippen LogP contribution in [0.25, 0.3) is 0 Å². The van der Waals surface area contributed by atoms with Crippen LogP contribution in [0.2, 0.25) is 6.04 Å². The lowest BCUT2D eigenvalue weighted by Crippen LogP contribution is -2.61. The molecule has 0 radical (unpaired) electrons. The van der Waals surface area contributed by atoms with Crippen molar-refractivity contribution in [1.82, 2.24) is 44.0 Å². The summed E-state index contributed by atoms with van der Waals surface area (Å²) in [5.41, 5.74) is 6.61. The molecule has 6 rings (SSSR count). The lowest BCUT2D eigenvalue weighted by atomic mass is 10.2. The van der Waals surface area contributed by atoms with Crippen molar-refractivity contribution in [3.63, 3.8) is 0 Å². The lowest BCUT2D eigenvalue weighted by molar-refractivity contribution is -0.0793. The van der Waals surface area contributed by atoms with Crippen molar-refractivity contribution in [3.05, 3.63) is 52.4 Å². The van der Waals surface area contributed by atoms with Crippen molar-refractivity contribution >= 4 is 8.80 Å². The largest absolute Gasteiger partial charge is 0.501 e.